The number of anilines is 2. The number of ether oxygens (including phenoxy) is 1. The molecular weight excluding hydrogens is 492 g/mol. The van der Waals surface area contributed by atoms with Crippen LogP contribution in [0.5, 0.6) is 11.8 Å². The molecule has 38 heavy (non-hydrogen) atoms. The second-order valence-corrected chi connectivity index (χ2v) is 9.73. The number of aliphatic hydroxyl groups excluding tert-OH is 1. The van der Waals surface area contributed by atoms with Crippen LogP contribution in [0.3, 0.4) is 0 Å². The van der Waals surface area contributed by atoms with Crippen LogP contribution in [-0.2, 0) is 0 Å². The number of aromatic amines is 1. The molecule has 0 bridgehead atoms. The lowest BCUT2D eigenvalue weighted by atomic mass is 10.2. The third-order valence-electron chi connectivity index (χ3n) is 6.83. The van der Waals surface area contributed by atoms with E-state index in [4.69, 9.17) is 4.74 Å². The van der Waals surface area contributed by atoms with Crippen LogP contribution in [-0.4, -0.2) is 71.3 Å². The molecule has 4 N–H and O–H groups in total. The molecule has 0 atom stereocenters. The summed E-state index contributed by atoms with van der Waals surface area (Å²) >= 11 is 0. The van der Waals surface area contributed by atoms with E-state index >= 15 is 4.39 Å². The molecule has 0 unspecified atom stereocenters. The maximum absolute atomic E-state index is 15.2. The Labute approximate surface area is 220 Å². The van der Waals surface area contributed by atoms with E-state index in [0.29, 0.717) is 48.6 Å². The summed E-state index contributed by atoms with van der Waals surface area (Å²) in [5.41, 5.74) is 2.45. The van der Waals surface area contributed by atoms with Gasteiger partial charge in [-0.25, -0.2) is 8.78 Å². The molecule has 2 aromatic heterocycles. The average molecular weight is 526 g/mol. The third-order valence-corrected chi connectivity index (χ3v) is 6.83. The first-order chi connectivity index (χ1) is 18.3. The summed E-state index contributed by atoms with van der Waals surface area (Å²) in [6.45, 7) is 9.45. The second kappa shape index (κ2) is 11.0. The minimum atomic E-state index is -0.692. The van der Waals surface area contributed by atoms with Crippen LogP contribution in [0.15, 0.2) is 42.2 Å². The van der Waals surface area contributed by atoms with Gasteiger partial charge >= 0.3 is 6.01 Å². The summed E-state index contributed by atoms with van der Waals surface area (Å²) in [6, 6.07) is 4.22. The molecule has 0 amide bonds. The topological polar surface area (TPSA) is 102 Å². The molecule has 2 fully saturated rings. The molecule has 0 radical (unpaired) electrons. The first-order valence-electron chi connectivity index (χ1n) is 12.8. The molecule has 1 saturated carbocycles. The molecule has 202 valence electrons. The first kappa shape index (κ1) is 25.9. The summed E-state index contributed by atoms with van der Waals surface area (Å²) in [6.07, 6.45) is 4.24. The van der Waals surface area contributed by atoms with Gasteiger partial charge in [0.1, 0.15) is 11.6 Å². The Morgan fingerprint density at radius 3 is 2.66 bits per heavy atom. The molecule has 1 saturated heterocycles. The van der Waals surface area contributed by atoms with Crippen molar-refractivity contribution in [2.24, 2.45) is 5.92 Å². The van der Waals surface area contributed by atoms with Crippen molar-refractivity contribution in [3.63, 3.8) is 0 Å². The summed E-state index contributed by atoms with van der Waals surface area (Å²) in [7, 11) is 1.89. The van der Waals surface area contributed by atoms with Crippen molar-refractivity contribution in [2.45, 2.75) is 19.8 Å². The first-order valence-corrected chi connectivity index (χ1v) is 12.8. The van der Waals surface area contributed by atoms with Gasteiger partial charge in [-0.1, -0.05) is 6.58 Å². The number of hydrogen-bond donors (Lipinski definition) is 4. The van der Waals surface area contributed by atoms with Gasteiger partial charge in [0.2, 0.25) is 0 Å². The van der Waals surface area contributed by atoms with Crippen LogP contribution in [0.4, 0.5) is 20.4 Å². The van der Waals surface area contributed by atoms with Gasteiger partial charge in [-0.3, -0.25) is 4.90 Å². The normalized spacial score (nSPS) is 16.7. The molecule has 3 heterocycles. The Kier molecular flexibility index (Phi) is 7.48. The van der Waals surface area contributed by atoms with Gasteiger partial charge in [-0.15, -0.1) is 0 Å². The van der Waals surface area contributed by atoms with E-state index in [1.54, 1.807) is 13.0 Å². The Bertz CT molecular complexity index is 1360. The number of nitrogens with zero attached hydrogens (tertiary/aromatic N) is 4. The third kappa shape index (κ3) is 5.73. The van der Waals surface area contributed by atoms with Crippen LogP contribution >= 0.6 is 0 Å². The maximum Gasteiger partial charge on any atom is 0.326 e. The van der Waals surface area contributed by atoms with Gasteiger partial charge in [-0.2, -0.15) is 9.97 Å². The lowest BCUT2D eigenvalue weighted by Gasteiger charge is -2.35. The number of aryl methyl sites for hydroxylation is 1. The fourth-order valence-electron chi connectivity index (χ4n) is 4.71. The van der Waals surface area contributed by atoms with E-state index < -0.39 is 11.6 Å². The monoisotopic (exact) mass is 525 g/mol. The van der Waals surface area contributed by atoms with Crippen molar-refractivity contribution in [1.82, 2.24) is 25.2 Å². The van der Waals surface area contributed by atoms with Crippen LogP contribution in [0.1, 0.15) is 18.5 Å². The average Bonchev–Trinajstić information content (AvgIpc) is 3.66. The Hall–Kier alpha value is -3.70. The Morgan fingerprint density at radius 2 is 1.97 bits per heavy atom. The van der Waals surface area contributed by atoms with Crippen molar-refractivity contribution >= 4 is 22.5 Å². The molecule has 5 rings (SSSR count). The second-order valence-electron chi connectivity index (χ2n) is 9.73. The number of fused-ring (bicyclic) bond motifs is 1. The number of piperazine rings is 1. The number of hydrogen-bond acceptors (Lipinski definition) is 8. The number of β-amino-alcohol motifs (C(OH)–C–C–N with tert-alkyl or cyclic N) is 1. The van der Waals surface area contributed by atoms with Gasteiger partial charge in [0.25, 0.3) is 0 Å². The minimum absolute atomic E-state index is 0.0872. The van der Waals surface area contributed by atoms with Crippen LogP contribution in [0.25, 0.3) is 10.9 Å². The predicted molar refractivity (Wildman–Crippen MR) is 143 cm³/mol. The highest BCUT2D eigenvalue weighted by Crippen LogP contribution is 2.36. The molecule has 3 aromatic rings. The minimum Gasteiger partial charge on any atom is -0.421 e. The molecular formula is C27H33F2N7O2. The molecule has 0 spiro atoms. The van der Waals surface area contributed by atoms with Crippen LogP contribution in [0.2, 0.25) is 0 Å². The number of aliphatic hydroxyl groups is 1. The number of halogens is 2. The zero-order chi connectivity index (χ0) is 26.8. The van der Waals surface area contributed by atoms with Gasteiger partial charge in [0.05, 0.1) is 12.1 Å². The number of allylic oxidation sites excluding steroid dienone is 2. The van der Waals surface area contributed by atoms with E-state index in [-0.39, 0.29) is 29.3 Å². The van der Waals surface area contributed by atoms with Gasteiger partial charge < -0.3 is 30.4 Å². The van der Waals surface area contributed by atoms with Gasteiger partial charge in [-0.05, 0) is 37.8 Å². The highest BCUT2D eigenvalue weighted by molar-refractivity contribution is 5.83. The van der Waals surface area contributed by atoms with E-state index in [2.05, 4.69) is 42.0 Å². The zero-order valence-corrected chi connectivity index (χ0v) is 21.7. The number of nitrogens with one attached hydrogen (secondary N) is 3. The standard InChI is InChI=1S/C27H33F2N7O2/c1-16-12-19-25(29)22(14-20(28)26(19)32-16)38-27-33-23(31-17(2)13-21(30-3)18-4-5-18)15-24(34-27)36-8-6-35(7-9-36)10-11-37/h12-15,18,30,32,37H,2,4-11H2,1,3H3,(H,31,33,34)/b21-13-. The van der Waals surface area contributed by atoms with Gasteiger partial charge in [0.15, 0.2) is 17.4 Å². The fourth-order valence-corrected chi connectivity index (χ4v) is 4.71. The molecule has 9 nitrogen and oxygen atoms in total. The quantitative estimate of drug-likeness (QED) is 0.296. The van der Waals surface area contributed by atoms with Gasteiger partial charge in [0, 0.05) is 74.4 Å². The number of benzene rings is 1. The van der Waals surface area contributed by atoms with Crippen molar-refractivity contribution < 1.29 is 18.6 Å². The van der Waals surface area contributed by atoms with Crippen LogP contribution < -0.4 is 20.3 Å². The van der Waals surface area contributed by atoms with Crippen molar-refractivity contribution in [2.75, 3.05) is 56.6 Å². The van der Waals surface area contributed by atoms with Crippen LogP contribution in [0, 0.1) is 24.5 Å². The van der Waals surface area contributed by atoms with Crippen molar-refractivity contribution in [3.05, 3.63) is 59.6 Å². The van der Waals surface area contributed by atoms with E-state index in [0.717, 1.165) is 37.7 Å². The fraction of sp³-hybridized carbons (Fsp3) is 0.407. The molecule has 11 heteroatoms. The smallest absolute Gasteiger partial charge is 0.326 e. The number of aromatic nitrogens is 3. The lowest BCUT2D eigenvalue weighted by molar-refractivity contribution is 0.188. The summed E-state index contributed by atoms with van der Waals surface area (Å²) in [4.78, 5) is 16.0. The maximum atomic E-state index is 15.2. The molecule has 2 aliphatic rings. The number of H-pyrrole nitrogens is 1. The summed E-state index contributed by atoms with van der Waals surface area (Å²) < 4.78 is 35.7. The Morgan fingerprint density at radius 1 is 1.21 bits per heavy atom. The number of rotatable bonds is 10. The van der Waals surface area contributed by atoms with Crippen molar-refractivity contribution in [1.29, 1.82) is 0 Å². The Balaban J connectivity index is 1.44. The highest BCUT2D eigenvalue weighted by Gasteiger charge is 2.25. The van der Waals surface area contributed by atoms with Crippen molar-refractivity contribution in [3.8, 4) is 11.8 Å². The van der Waals surface area contributed by atoms with E-state index in [9.17, 15) is 9.50 Å². The molecule has 1 aliphatic heterocycles. The van der Waals surface area contributed by atoms with E-state index in [1.807, 2.05) is 13.1 Å². The molecule has 1 aromatic carbocycles. The summed E-state index contributed by atoms with van der Waals surface area (Å²) in [5.74, 6) is -0.0871. The summed E-state index contributed by atoms with van der Waals surface area (Å²) in [5, 5.41) is 15.8. The predicted octanol–water partition coefficient (Wildman–Crippen LogP) is 3.89. The zero-order valence-electron chi connectivity index (χ0n) is 21.7. The SMILES string of the molecule is C=C(/C=C(\NC)C1CC1)Nc1cc(N2CCN(CCO)CC2)nc(Oc2cc(F)c3[nH]c(C)cc3c2F)n1. The highest BCUT2D eigenvalue weighted by atomic mass is 19.1. The largest absolute Gasteiger partial charge is 0.421 e. The van der Waals surface area contributed by atoms with E-state index in [1.165, 1.54) is 6.07 Å². The lowest BCUT2D eigenvalue weighted by Crippen LogP contribution is -2.47. The molecule has 1 aliphatic carbocycles.